The Kier molecular flexibility index (Phi) is 2.94. The molecule has 2 aromatic rings. The maximum absolute atomic E-state index is 12.3. The Labute approximate surface area is 117 Å². The van der Waals surface area contributed by atoms with Gasteiger partial charge in [-0.25, -0.2) is 0 Å². The summed E-state index contributed by atoms with van der Waals surface area (Å²) in [4.78, 5) is 14.7. The molecule has 3 rings (SSSR count). The molecule has 3 heteroatoms. The number of hydrogen-bond acceptors (Lipinski definition) is 3. The molecule has 1 aromatic heterocycles. The predicted molar refractivity (Wildman–Crippen MR) is 77.4 cm³/mol. The van der Waals surface area contributed by atoms with Crippen LogP contribution in [0.3, 0.4) is 0 Å². The molecule has 0 saturated carbocycles. The van der Waals surface area contributed by atoms with Gasteiger partial charge in [0.15, 0.2) is 5.78 Å². The first-order valence-corrected chi connectivity index (χ1v) is 7.22. The molecule has 1 aliphatic rings. The monoisotopic (exact) mass is 272 g/mol. The van der Waals surface area contributed by atoms with Gasteiger partial charge in [0.25, 0.3) is 0 Å². The number of ketones is 1. The summed E-state index contributed by atoms with van der Waals surface area (Å²) < 4.78 is 5.19. The second kappa shape index (κ2) is 4.49. The lowest BCUT2D eigenvalue weighted by Crippen LogP contribution is -2.10. The van der Waals surface area contributed by atoms with Crippen LogP contribution in [-0.4, -0.2) is 12.9 Å². The minimum Gasteiger partial charge on any atom is -0.497 e. The minimum absolute atomic E-state index is 0.0373. The summed E-state index contributed by atoms with van der Waals surface area (Å²) in [6, 6.07) is 10.1. The highest BCUT2D eigenvalue weighted by atomic mass is 32.1. The highest BCUT2D eigenvalue weighted by Crippen LogP contribution is 2.46. The molecule has 98 valence electrons. The van der Waals surface area contributed by atoms with Crippen molar-refractivity contribution >= 4 is 17.1 Å². The molecule has 0 saturated heterocycles. The van der Waals surface area contributed by atoms with Crippen molar-refractivity contribution in [2.75, 3.05) is 7.11 Å². The largest absolute Gasteiger partial charge is 0.497 e. The fourth-order valence-corrected chi connectivity index (χ4v) is 4.09. The molecule has 19 heavy (non-hydrogen) atoms. The third kappa shape index (κ3) is 1.89. The number of carbonyl (C=O) groups is 1. The Bertz CT molecular complexity index is 625. The number of hydrogen-bond donors (Lipinski definition) is 0. The third-order valence-corrected chi connectivity index (χ3v) is 4.95. The van der Waals surface area contributed by atoms with Gasteiger partial charge in [-0.3, -0.25) is 4.79 Å². The van der Waals surface area contributed by atoms with Gasteiger partial charge >= 0.3 is 0 Å². The van der Waals surface area contributed by atoms with Gasteiger partial charge in [-0.05, 0) is 30.7 Å². The number of fused-ring (bicyclic) bond motifs is 1. The van der Waals surface area contributed by atoms with Crippen LogP contribution in [0, 0.1) is 12.8 Å². The Morgan fingerprint density at radius 2 is 1.89 bits per heavy atom. The molecule has 0 bridgehead atoms. The van der Waals surface area contributed by atoms with E-state index in [0.29, 0.717) is 0 Å². The number of benzene rings is 1. The SMILES string of the molecule is COc1ccc([C@H]2c3sc(C)cc3C(=O)[C@H]2C)cc1. The van der Waals surface area contributed by atoms with E-state index in [2.05, 4.69) is 19.1 Å². The van der Waals surface area contributed by atoms with Crippen molar-refractivity contribution < 1.29 is 9.53 Å². The van der Waals surface area contributed by atoms with E-state index < -0.39 is 0 Å². The molecule has 2 atom stereocenters. The van der Waals surface area contributed by atoms with E-state index in [1.807, 2.05) is 25.1 Å². The van der Waals surface area contributed by atoms with E-state index in [1.54, 1.807) is 18.4 Å². The first-order valence-electron chi connectivity index (χ1n) is 6.40. The number of ether oxygens (including phenoxy) is 1. The molecule has 0 aliphatic heterocycles. The van der Waals surface area contributed by atoms with Crippen LogP contribution in [0.2, 0.25) is 0 Å². The Morgan fingerprint density at radius 3 is 2.53 bits per heavy atom. The second-order valence-corrected chi connectivity index (χ2v) is 6.33. The summed E-state index contributed by atoms with van der Waals surface area (Å²) >= 11 is 1.75. The molecule has 0 amide bonds. The van der Waals surface area contributed by atoms with Crippen molar-refractivity contribution in [1.29, 1.82) is 0 Å². The van der Waals surface area contributed by atoms with Crippen LogP contribution in [0.25, 0.3) is 0 Å². The van der Waals surface area contributed by atoms with Crippen molar-refractivity contribution in [1.82, 2.24) is 0 Å². The summed E-state index contributed by atoms with van der Waals surface area (Å²) in [6.45, 7) is 4.09. The zero-order valence-corrected chi connectivity index (χ0v) is 12.1. The van der Waals surface area contributed by atoms with Crippen LogP contribution in [0.5, 0.6) is 5.75 Å². The summed E-state index contributed by atoms with van der Waals surface area (Å²) in [7, 11) is 1.66. The molecular formula is C16H16O2S. The van der Waals surface area contributed by atoms with Crippen molar-refractivity contribution in [3.8, 4) is 5.75 Å². The fourth-order valence-electron chi connectivity index (χ4n) is 2.83. The van der Waals surface area contributed by atoms with Gasteiger partial charge in [0.2, 0.25) is 0 Å². The summed E-state index contributed by atoms with van der Waals surface area (Å²) in [6.07, 6.45) is 0. The fraction of sp³-hybridized carbons (Fsp3) is 0.312. The maximum Gasteiger partial charge on any atom is 0.167 e. The number of methoxy groups -OCH3 is 1. The van der Waals surface area contributed by atoms with Crippen LogP contribution >= 0.6 is 11.3 Å². The average Bonchev–Trinajstić information content (AvgIpc) is 2.89. The Hall–Kier alpha value is -1.61. The van der Waals surface area contributed by atoms with Gasteiger partial charge in [0.1, 0.15) is 5.75 Å². The lowest BCUT2D eigenvalue weighted by molar-refractivity contribution is 0.0939. The molecule has 0 unspecified atom stereocenters. The number of Topliss-reactive ketones (excluding diaryl/α,β-unsaturated/α-hetero) is 1. The van der Waals surface area contributed by atoms with Crippen LogP contribution in [0.4, 0.5) is 0 Å². The van der Waals surface area contributed by atoms with E-state index in [0.717, 1.165) is 11.3 Å². The quantitative estimate of drug-likeness (QED) is 0.825. The number of rotatable bonds is 2. The van der Waals surface area contributed by atoms with Crippen LogP contribution < -0.4 is 4.74 Å². The topological polar surface area (TPSA) is 26.3 Å². The molecule has 0 N–H and O–H groups in total. The van der Waals surface area contributed by atoms with Crippen LogP contribution in [-0.2, 0) is 0 Å². The highest BCUT2D eigenvalue weighted by molar-refractivity contribution is 7.12. The highest BCUT2D eigenvalue weighted by Gasteiger charge is 2.39. The first-order chi connectivity index (χ1) is 9.11. The normalized spacial score (nSPS) is 21.5. The summed E-state index contributed by atoms with van der Waals surface area (Å²) in [5.74, 6) is 1.37. The van der Waals surface area contributed by atoms with Gasteiger partial charge in [-0.1, -0.05) is 19.1 Å². The smallest absolute Gasteiger partial charge is 0.167 e. The van der Waals surface area contributed by atoms with Crippen molar-refractivity contribution in [2.24, 2.45) is 5.92 Å². The zero-order valence-electron chi connectivity index (χ0n) is 11.3. The molecular weight excluding hydrogens is 256 g/mol. The van der Waals surface area contributed by atoms with E-state index in [9.17, 15) is 4.79 Å². The maximum atomic E-state index is 12.3. The van der Waals surface area contributed by atoms with Crippen molar-refractivity contribution in [3.05, 3.63) is 51.2 Å². The van der Waals surface area contributed by atoms with Crippen molar-refractivity contribution in [2.45, 2.75) is 19.8 Å². The van der Waals surface area contributed by atoms with E-state index in [-0.39, 0.29) is 17.6 Å². The first kappa shape index (κ1) is 12.4. The van der Waals surface area contributed by atoms with Gasteiger partial charge < -0.3 is 4.74 Å². The Morgan fingerprint density at radius 1 is 1.21 bits per heavy atom. The molecule has 1 aromatic carbocycles. The average molecular weight is 272 g/mol. The standard InChI is InChI=1S/C16H16O2S/c1-9-8-13-15(17)10(2)14(16(13)19-9)11-4-6-12(18-3)7-5-11/h4-8,10,14H,1-3H3/t10-,14-/m0/s1. The number of aryl methyl sites for hydroxylation is 1. The predicted octanol–water partition coefficient (Wildman–Crippen LogP) is 4.03. The molecule has 0 fully saturated rings. The second-order valence-electron chi connectivity index (χ2n) is 5.04. The zero-order chi connectivity index (χ0) is 13.6. The van der Waals surface area contributed by atoms with Crippen molar-refractivity contribution in [3.63, 3.8) is 0 Å². The number of thiophene rings is 1. The molecule has 1 aliphatic carbocycles. The molecule has 2 nitrogen and oxygen atoms in total. The van der Waals surface area contributed by atoms with Gasteiger partial charge in [0.05, 0.1) is 7.11 Å². The van der Waals surface area contributed by atoms with Gasteiger partial charge in [-0.15, -0.1) is 11.3 Å². The van der Waals surface area contributed by atoms with Gasteiger partial charge in [-0.2, -0.15) is 0 Å². The third-order valence-electron chi connectivity index (χ3n) is 3.82. The van der Waals surface area contributed by atoms with E-state index >= 15 is 0 Å². The number of carbonyl (C=O) groups excluding carboxylic acids is 1. The van der Waals surface area contributed by atoms with Crippen LogP contribution in [0.15, 0.2) is 30.3 Å². The molecule has 0 radical (unpaired) electrons. The molecule has 0 spiro atoms. The van der Waals surface area contributed by atoms with E-state index in [4.69, 9.17) is 4.74 Å². The summed E-state index contributed by atoms with van der Waals surface area (Å²) in [5.41, 5.74) is 2.12. The summed E-state index contributed by atoms with van der Waals surface area (Å²) in [5, 5.41) is 0. The van der Waals surface area contributed by atoms with Gasteiger partial charge in [0, 0.05) is 27.2 Å². The van der Waals surface area contributed by atoms with Crippen LogP contribution in [0.1, 0.15) is 38.5 Å². The van der Waals surface area contributed by atoms with E-state index in [1.165, 1.54) is 15.3 Å². The Balaban J connectivity index is 2.06. The molecule has 1 heterocycles. The minimum atomic E-state index is 0.0373. The lowest BCUT2D eigenvalue weighted by atomic mass is 9.90. The lowest BCUT2D eigenvalue weighted by Gasteiger charge is -2.15.